The lowest BCUT2D eigenvalue weighted by Gasteiger charge is -2.34. The van der Waals surface area contributed by atoms with E-state index in [9.17, 15) is 9.90 Å². The van der Waals surface area contributed by atoms with Crippen LogP contribution < -0.4 is 0 Å². The molecule has 1 fully saturated rings. The number of ether oxygens (including phenoxy) is 1. The molecular formula is C11H12Cl2N2O3. The molecule has 18 heavy (non-hydrogen) atoms. The van der Waals surface area contributed by atoms with Gasteiger partial charge < -0.3 is 14.7 Å². The number of nitrogens with zero attached hydrogens (tertiary/aromatic N) is 2. The van der Waals surface area contributed by atoms with Crippen molar-refractivity contribution < 1.29 is 14.6 Å². The molecule has 0 spiro atoms. The summed E-state index contributed by atoms with van der Waals surface area (Å²) in [6.07, 6.45) is 0. The van der Waals surface area contributed by atoms with Gasteiger partial charge in [-0.15, -0.1) is 0 Å². The van der Waals surface area contributed by atoms with Gasteiger partial charge in [-0.3, -0.25) is 4.79 Å². The first kappa shape index (κ1) is 13.5. The summed E-state index contributed by atoms with van der Waals surface area (Å²) in [6.45, 7) is 1.04. The van der Waals surface area contributed by atoms with Gasteiger partial charge in [-0.05, 0) is 12.1 Å². The van der Waals surface area contributed by atoms with Gasteiger partial charge in [-0.2, -0.15) is 0 Å². The molecule has 1 amide bonds. The van der Waals surface area contributed by atoms with Crippen LogP contribution in [0.5, 0.6) is 0 Å². The Balaban J connectivity index is 2.24. The lowest BCUT2D eigenvalue weighted by molar-refractivity contribution is -0.0184. The van der Waals surface area contributed by atoms with Gasteiger partial charge in [0.25, 0.3) is 5.91 Å². The molecule has 98 valence electrons. The Bertz CT molecular complexity index is 456. The van der Waals surface area contributed by atoms with E-state index in [0.717, 1.165) is 0 Å². The predicted octanol–water partition coefficient (Wildman–Crippen LogP) is 1.22. The second kappa shape index (κ2) is 5.84. The molecule has 7 heteroatoms. The van der Waals surface area contributed by atoms with E-state index in [0.29, 0.717) is 19.8 Å². The first-order chi connectivity index (χ1) is 8.63. The minimum atomic E-state index is -0.349. The van der Waals surface area contributed by atoms with E-state index >= 15 is 0 Å². The number of hydrogen-bond donors (Lipinski definition) is 1. The molecule has 0 aromatic carbocycles. The molecule has 0 radical (unpaired) electrons. The fraction of sp³-hybridized carbons (Fsp3) is 0.455. The number of morpholine rings is 1. The van der Waals surface area contributed by atoms with Crippen LogP contribution in [0.15, 0.2) is 12.1 Å². The van der Waals surface area contributed by atoms with Crippen molar-refractivity contribution in [2.45, 2.75) is 6.04 Å². The molecule has 5 nitrogen and oxygen atoms in total. The van der Waals surface area contributed by atoms with Gasteiger partial charge in [0.2, 0.25) is 0 Å². The maximum absolute atomic E-state index is 12.3. The van der Waals surface area contributed by atoms with Crippen molar-refractivity contribution >= 4 is 29.1 Å². The molecule has 1 aromatic rings. The molecule has 0 aliphatic carbocycles. The normalized spacial score (nSPS) is 19.9. The molecule has 1 N–H and O–H groups in total. The zero-order valence-electron chi connectivity index (χ0n) is 9.47. The number of aliphatic hydroxyl groups excluding tert-OH is 1. The summed E-state index contributed by atoms with van der Waals surface area (Å²) in [5.74, 6) is -0.272. The van der Waals surface area contributed by atoms with Crippen LogP contribution in [0, 0.1) is 0 Å². The minimum Gasteiger partial charge on any atom is -0.394 e. The molecule has 0 bridgehead atoms. The van der Waals surface area contributed by atoms with Crippen LogP contribution in [-0.2, 0) is 4.74 Å². The molecule has 1 aromatic heterocycles. The Morgan fingerprint density at radius 2 is 2.33 bits per heavy atom. The van der Waals surface area contributed by atoms with Gasteiger partial charge in [0.15, 0.2) is 0 Å². The van der Waals surface area contributed by atoms with Crippen LogP contribution in [0.4, 0.5) is 0 Å². The Labute approximate surface area is 114 Å². The number of amides is 1. The summed E-state index contributed by atoms with van der Waals surface area (Å²) in [4.78, 5) is 17.7. The van der Waals surface area contributed by atoms with Crippen LogP contribution in [0.2, 0.25) is 10.3 Å². The lowest BCUT2D eigenvalue weighted by Crippen LogP contribution is -2.50. The van der Waals surface area contributed by atoms with Crippen molar-refractivity contribution in [2.75, 3.05) is 26.4 Å². The number of aliphatic hydroxyl groups is 1. The lowest BCUT2D eigenvalue weighted by atomic mass is 10.2. The monoisotopic (exact) mass is 290 g/mol. The van der Waals surface area contributed by atoms with Crippen molar-refractivity contribution in [3.05, 3.63) is 28.0 Å². The van der Waals surface area contributed by atoms with E-state index in [-0.39, 0.29) is 34.4 Å². The molecule has 2 heterocycles. The molecule has 1 aliphatic rings. The van der Waals surface area contributed by atoms with E-state index in [4.69, 9.17) is 27.9 Å². The smallest absolute Gasteiger partial charge is 0.257 e. The number of aromatic nitrogens is 1. The highest BCUT2D eigenvalue weighted by molar-refractivity contribution is 6.34. The quantitative estimate of drug-likeness (QED) is 0.832. The van der Waals surface area contributed by atoms with Crippen molar-refractivity contribution in [2.24, 2.45) is 0 Å². The largest absolute Gasteiger partial charge is 0.394 e. The molecule has 2 rings (SSSR count). The van der Waals surface area contributed by atoms with Gasteiger partial charge in [0.05, 0.1) is 31.4 Å². The Hall–Kier alpha value is -0.880. The number of carbonyl (C=O) groups excluding carboxylic acids is 1. The molecule has 1 aliphatic heterocycles. The van der Waals surface area contributed by atoms with Crippen LogP contribution in [0.25, 0.3) is 0 Å². The van der Waals surface area contributed by atoms with E-state index in [1.54, 1.807) is 4.90 Å². The van der Waals surface area contributed by atoms with Gasteiger partial charge in [-0.1, -0.05) is 23.2 Å². The van der Waals surface area contributed by atoms with Crippen molar-refractivity contribution in [3.63, 3.8) is 0 Å². The molecule has 0 saturated carbocycles. The SMILES string of the molecule is O=C(c1ccc(Cl)nc1Cl)N1CCOCC1CO. The van der Waals surface area contributed by atoms with E-state index in [1.165, 1.54) is 12.1 Å². The average Bonchev–Trinajstić information content (AvgIpc) is 2.38. The second-order valence-electron chi connectivity index (χ2n) is 3.88. The third kappa shape index (κ3) is 2.75. The number of pyridine rings is 1. The topological polar surface area (TPSA) is 62.7 Å². The number of halogens is 2. The predicted molar refractivity (Wildman–Crippen MR) is 67.0 cm³/mol. The van der Waals surface area contributed by atoms with Crippen LogP contribution >= 0.6 is 23.2 Å². The fourth-order valence-corrected chi connectivity index (χ4v) is 2.23. The standard InChI is InChI=1S/C11H12Cl2N2O3/c12-9-2-1-8(10(13)14-9)11(17)15-3-4-18-6-7(15)5-16/h1-2,7,16H,3-6H2. The van der Waals surface area contributed by atoms with Crippen molar-refractivity contribution in [1.29, 1.82) is 0 Å². The number of rotatable bonds is 2. The highest BCUT2D eigenvalue weighted by atomic mass is 35.5. The maximum Gasteiger partial charge on any atom is 0.257 e. The Morgan fingerprint density at radius 1 is 1.56 bits per heavy atom. The minimum absolute atomic E-state index is 0.0654. The third-order valence-electron chi connectivity index (χ3n) is 2.74. The first-order valence-electron chi connectivity index (χ1n) is 5.45. The fourth-order valence-electron chi connectivity index (χ4n) is 1.80. The van der Waals surface area contributed by atoms with Crippen LogP contribution in [-0.4, -0.2) is 53.3 Å². The van der Waals surface area contributed by atoms with Crippen molar-refractivity contribution in [1.82, 2.24) is 9.88 Å². The van der Waals surface area contributed by atoms with E-state index < -0.39 is 0 Å². The van der Waals surface area contributed by atoms with Crippen molar-refractivity contribution in [3.8, 4) is 0 Å². The molecule has 1 saturated heterocycles. The van der Waals surface area contributed by atoms with E-state index in [2.05, 4.69) is 4.98 Å². The van der Waals surface area contributed by atoms with Crippen LogP contribution in [0.3, 0.4) is 0 Å². The number of hydrogen-bond acceptors (Lipinski definition) is 4. The zero-order valence-corrected chi connectivity index (χ0v) is 11.0. The molecule has 1 unspecified atom stereocenters. The summed E-state index contributed by atoms with van der Waals surface area (Å²) >= 11 is 11.6. The van der Waals surface area contributed by atoms with E-state index in [1.807, 2.05) is 0 Å². The first-order valence-corrected chi connectivity index (χ1v) is 6.20. The summed E-state index contributed by atoms with van der Waals surface area (Å²) in [7, 11) is 0. The highest BCUT2D eigenvalue weighted by Crippen LogP contribution is 2.20. The highest BCUT2D eigenvalue weighted by Gasteiger charge is 2.28. The summed E-state index contributed by atoms with van der Waals surface area (Å²) in [6, 6.07) is 2.69. The summed E-state index contributed by atoms with van der Waals surface area (Å²) in [5, 5.41) is 9.53. The molecular weight excluding hydrogens is 279 g/mol. The Kier molecular flexibility index (Phi) is 4.40. The number of carbonyl (C=O) groups is 1. The second-order valence-corrected chi connectivity index (χ2v) is 4.63. The third-order valence-corrected chi connectivity index (χ3v) is 3.24. The van der Waals surface area contributed by atoms with Gasteiger partial charge in [0, 0.05) is 6.54 Å². The average molecular weight is 291 g/mol. The Morgan fingerprint density at radius 3 is 3.00 bits per heavy atom. The zero-order chi connectivity index (χ0) is 13.1. The van der Waals surface area contributed by atoms with Gasteiger partial charge in [0.1, 0.15) is 10.3 Å². The van der Waals surface area contributed by atoms with Crippen LogP contribution in [0.1, 0.15) is 10.4 Å². The molecule has 1 atom stereocenters. The summed E-state index contributed by atoms with van der Waals surface area (Å²) in [5.41, 5.74) is 0.279. The summed E-state index contributed by atoms with van der Waals surface area (Å²) < 4.78 is 5.22. The van der Waals surface area contributed by atoms with Gasteiger partial charge in [-0.25, -0.2) is 4.98 Å². The van der Waals surface area contributed by atoms with Gasteiger partial charge >= 0.3 is 0 Å². The maximum atomic E-state index is 12.3.